The highest BCUT2D eigenvalue weighted by Crippen LogP contribution is 2.10. The molecule has 0 aliphatic rings. The lowest BCUT2D eigenvalue weighted by Crippen LogP contribution is -2.27. The molecule has 0 atom stereocenters. The lowest BCUT2D eigenvalue weighted by molar-refractivity contribution is 0.0948. The lowest BCUT2D eigenvalue weighted by Gasteiger charge is -2.09. The third kappa shape index (κ3) is 4.48. The van der Waals surface area contributed by atoms with Gasteiger partial charge in [0.05, 0.1) is 0 Å². The molecule has 2 N–H and O–H groups in total. The number of H-pyrrole nitrogens is 1. The van der Waals surface area contributed by atoms with Gasteiger partial charge in [-0.15, -0.1) is 0 Å². The first-order valence-electron chi connectivity index (χ1n) is 4.86. The van der Waals surface area contributed by atoms with Crippen LogP contribution in [-0.2, 0) is 0 Å². The standard InChI is InChI=1S/C10H16BrN3O/c1-14(2)5-3-4-12-10(15)9-6-8(11)7-13-9/h6-7,13H,3-5H2,1-2H3,(H,12,15). The number of aromatic nitrogens is 1. The molecule has 1 heterocycles. The molecule has 1 rings (SSSR count). The number of hydrogen-bond acceptors (Lipinski definition) is 2. The largest absolute Gasteiger partial charge is 0.356 e. The Morgan fingerprint density at radius 3 is 2.87 bits per heavy atom. The van der Waals surface area contributed by atoms with Crippen LogP contribution in [0, 0.1) is 0 Å². The van der Waals surface area contributed by atoms with Crippen LogP contribution in [0.1, 0.15) is 16.9 Å². The Morgan fingerprint density at radius 1 is 1.60 bits per heavy atom. The molecule has 1 amide bonds. The minimum absolute atomic E-state index is 0.0561. The smallest absolute Gasteiger partial charge is 0.267 e. The lowest BCUT2D eigenvalue weighted by atomic mass is 10.3. The molecule has 0 aliphatic heterocycles. The average molecular weight is 274 g/mol. The monoisotopic (exact) mass is 273 g/mol. The summed E-state index contributed by atoms with van der Waals surface area (Å²) in [7, 11) is 4.04. The van der Waals surface area contributed by atoms with Crippen molar-refractivity contribution in [1.82, 2.24) is 15.2 Å². The fraction of sp³-hybridized carbons (Fsp3) is 0.500. The van der Waals surface area contributed by atoms with Gasteiger partial charge in [0.15, 0.2) is 0 Å². The molecule has 0 radical (unpaired) electrons. The van der Waals surface area contributed by atoms with Gasteiger partial charge in [-0.2, -0.15) is 0 Å². The first kappa shape index (κ1) is 12.3. The van der Waals surface area contributed by atoms with Crippen LogP contribution in [0.25, 0.3) is 0 Å². The molecular formula is C10H16BrN3O. The van der Waals surface area contributed by atoms with E-state index in [2.05, 4.69) is 31.1 Å². The molecule has 1 aromatic heterocycles. The first-order chi connectivity index (χ1) is 7.09. The van der Waals surface area contributed by atoms with Gasteiger partial charge in [0.2, 0.25) is 0 Å². The predicted octanol–water partition coefficient (Wildman–Crippen LogP) is 1.46. The van der Waals surface area contributed by atoms with Crippen LogP contribution >= 0.6 is 15.9 Å². The van der Waals surface area contributed by atoms with Crippen molar-refractivity contribution in [3.8, 4) is 0 Å². The van der Waals surface area contributed by atoms with E-state index in [0.717, 1.165) is 17.4 Å². The molecule has 1 aromatic rings. The van der Waals surface area contributed by atoms with Crippen LogP contribution in [0.2, 0.25) is 0 Å². The van der Waals surface area contributed by atoms with Crippen molar-refractivity contribution in [3.63, 3.8) is 0 Å². The highest BCUT2D eigenvalue weighted by atomic mass is 79.9. The van der Waals surface area contributed by atoms with Gasteiger partial charge < -0.3 is 15.2 Å². The third-order valence-corrected chi connectivity index (χ3v) is 2.42. The van der Waals surface area contributed by atoms with Crippen LogP contribution < -0.4 is 5.32 Å². The fourth-order valence-electron chi connectivity index (χ4n) is 1.19. The van der Waals surface area contributed by atoms with E-state index in [1.54, 1.807) is 12.3 Å². The summed E-state index contributed by atoms with van der Waals surface area (Å²) >= 11 is 3.28. The molecule has 5 heteroatoms. The topological polar surface area (TPSA) is 48.1 Å². The molecule has 0 fully saturated rings. The van der Waals surface area contributed by atoms with E-state index in [9.17, 15) is 4.79 Å². The van der Waals surface area contributed by atoms with Gasteiger partial charge in [-0.25, -0.2) is 0 Å². The van der Waals surface area contributed by atoms with Crippen molar-refractivity contribution in [1.29, 1.82) is 0 Å². The zero-order chi connectivity index (χ0) is 11.3. The van der Waals surface area contributed by atoms with Crippen molar-refractivity contribution >= 4 is 21.8 Å². The number of hydrogen-bond donors (Lipinski definition) is 2. The van der Waals surface area contributed by atoms with Crippen LogP contribution in [-0.4, -0.2) is 43.0 Å². The summed E-state index contributed by atoms with van der Waals surface area (Å²) in [5, 5.41) is 2.85. The van der Waals surface area contributed by atoms with Crippen LogP contribution in [0.15, 0.2) is 16.7 Å². The number of nitrogens with zero attached hydrogens (tertiary/aromatic N) is 1. The van der Waals surface area contributed by atoms with Gasteiger partial charge >= 0.3 is 0 Å². The third-order valence-electron chi connectivity index (χ3n) is 1.96. The number of carbonyl (C=O) groups excluding carboxylic acids is 1. The Bertz CT molecular complexity index is 322. The maximum absolute atomic E-state index is 11.5. The Hall–Kier alpha value is -0.810. The number of nitrogens with one attached hydrogen (secondary N) is 2. The molecular weight excluding hydrogens is 258 g/mol. The Labute approximate surface area is 98.2 Å². The molecule has 0 spiro atoms. The van der Waals surface area contributed by atoms with Gasteiger partial charge in [-0.3, -0.25) is 4.79 Å². The molecule has 15 heavy (non-hydrogen) atoms. The summed E-state index contributed by atoms with van der Waals surface area (Å²) in [6, 6.07) is 1.77. The Morgan fingerprint density at radius 2 is 2.33 bits per heavy atom. The number of rotatable bonds is 5. The van der Waals surface area contributed by atoms with Crippen molar-refractivity contribution < 1.29 is 4.79 Å². The van der Waals surface area contributed by atoms with Gasteiger partial charge in [0.1, 0.15) is 5.69 Å². The maximum atomic E-state index is 11.5. The van der Waals surface area contributed by atoms with E-state index in [0.29, 0.717) is 12.2 Å². The summed E-state index contributed by atoms with van der Waals surface area (Å²) in [6.07, 6.45) is 2.70. The minimum atomic E-state index is -0.0561. The summed E-state index contributed by atoms with van der Waals surface area (Å²) in [6.45, 7) is 1.68. The quantitative estimate of drug-likeness (QED) is 0.799. The highest BCUT2D eigenvalue weighted by molar-refractivity contribution is 9.10. The highest BCUT2D eigenvalue weighted by Gasteiger charge is 2.06. The molecule has 0 bridgehead atoms. The molecule has 0 aromatic carbocycles. The van der Waals surface area contributed by atoms with Crippen LogP contribution in [0.4, 0.5) is 0 Å². The fourth-order valence-corrected chi connectivity index (χ4v) is 1.53. The van der Waals surface area contributed by atoms with Crippen LogP contribution in [0.3, 0.4) is 0 Å². The van der Waals surface area contributed by atoms with E-state index in [-0.39, 0.29) is 5.91 Å². The van der Waals surface area contributed by atoms with Crippen molar-refractivity contribution in [3.05, 3.63) is 22.4 Å². The van der Waals surface area contributed by atoms with E-state index >= 15 is 0 Å². The van der Waals surface area contributed by atoms with Crippen molar-refractivity contribution in [2.24, 2.45) is 0 Å². The van der Waals surface area contributed by atoms with Crippen LogP contribution in [0.5, 0.6) is 0 Å². The zero-order valence-corrected chi connectivity index (χ0v) is 10.6. The molecule has 84 valence electrons. The van der Waals surface area contributed by atoms with E-state index in [4.69, 9.17) is 0 Å². The maximum Gasteiger partial charge on any atom is 0.267 e. The normalized spacial score (nSPS) is 10.7. The molecule has 0 aliphatic carbocycles. The second-order valence-corrected chi connectivity index (χ2v) is 4.56. The molecule has 0 unspecified atom stereocenters. The second kappa shape index (κ2) is 5.92. The first-order valence-corrected chi connectivity index (χ1v) is 5.66. The number of halogens is 1. The van der Waals surface area contributed by atoms with E-state index < -0.39 is 0 Å². The van der Waals surface area contributed by atoms with E-state index in [1.165, 1.54) is 0 Å². The van der Waals surface area contributed by atoms with Gasteiger partial charge in [0.25, 0.3) is 5.91 Å². The molecule has 0 saturated carbocycles. The van der Waals surface area contributed by atoms with Gasteiger partial charge in [-0.05, 0) is 49.1 Å². The minimum Gasteiger partial charge on any atom is -0.356 e. The number of carbonyl (C=O) groups is 1. The zero-order valence-electron chi connectivity index (χ0n) is 9.01. The van der Waals surface area contributed by atoms with Crippen molar-refractivity contribution in [2.75, 3.05) is 27.2 Å². The number of amides is 1. The van der Waals surface area contributed by atoms with Crippen molar-refractivity contribution in [2.45, 2.75) is 6.42 Å². The van der Waals surface area contributed by atoms with E-state index in [1.807, 2.05) is 14.1 Å². The second-order valence-electron chi connectivity index (χ2n) is 3.64. The summed E-state index contributed by atoms with van der Waals surface area (Å²) in [5.74, 6) is -0.0561. The Kier molecular flexibility index (Phi) is 4.84. The van der Waals surface area contributed by atoms with Gasteiger partial charge in [0, 0.05) is 17.2 Å². The van der Waals surface area contributed by atoms with Gasteiger partial charge in [-0.1, -0.05) is 0 Å². The molecule has 0 saturated heterocycles. The summed E-state index contributed by atoms with van der Waals surface area (Å²) in [4.78, 5) is 16.5. The average Bonchev–Trinajstić information content (AvgIpc) is 2.59. The molecule has 4 nitrogen and oxygen atoms in total. The SMILES string of the molecule is CN(C)CCCNC(=O)c1cc(Br)c[nH]1. The summed E-state index contributed by atoms with van der Waals surface area (Å²) in [5.41, 5.74) is 0.590. The summed E-state index contributed by atoms with van der Waals surface area (Å²) < 4.78 is 0.890. The Balaban J connectivity index is 2.25. The number of aromatic amines is 1. The predicted molar refractivity (Wildman–Crippen MR) is 64.0 cm³/mol.